The molecular formula is C18H27NO4. The highest BCUT2D eigenvalue weighted by molar-refractivity contribution is 5.76. The molecule has 1 aliphatic heterocycles. The summed E-state index contributed by atoms with van der Waals surface area (Å²) in [5.41, 5.74) is 0.770. The van der Waals surface area contributed by atoms with Crippen molar-refractivity contribution < 1.29 is 19.0 Å². The van der Waals surface area contributed by atoms with E-state index in [-0.39, 0.29) is 17.6 Å². The molecule has 5 nitrogen and oxygen atoms in total. The average molecular weight is 321 g/mol. The van der Waals surface area contributed by atoms with E-state index in [1.54, 1.807) is 14.2 Å². The lowest BCUT2D eigenvalue weighted by molar-refractivity contribution is -0.168. The molecule has 0 bridgehead atoms. The van der Waals surface area contributed by atoms with Crippen LogP contribution in [0, 0.1) is 0 Å². The molecule has 0 radical (unpaired) electrons. The van der Waals surface area contributed by atoms with Crippen LogP contribution in [-0.4, -0.2) is 56.4 Å². The quantitative estimate of drug-likeness (QED) is 0.806. The Morgan fingerprint density at radius 1 is 1.39 bits per heavy atom. The second-order valence-corrected chi connectivity index (χ2v) is 6.58. The number of morpholine rings is 1. The van der Waals surface area contributed by atoms with Gasteiger partial charge in [-0.2, -0.15) is 0 Å². The number of benzene rings is 1. The van der Waals surface area contributed by atoms with Crippen LogP contribution in [0.1, 0.15) is 25.8 Å². The minimum Gasteiger partial charge on any atom is -0.497 e. The van der Waals surface area contributed by atoms with Gasteiger partial charge in [-0.05, 0) is 38.0 Å². The minimum absolute atomic E-state index is 0.0653. The Labute approximate surface area is 138 Å². The van der Waals surface area contributed by atoms with Crippen LogP contribution in [0.2, 0.25) is 0 Å². The average Bonchev–Trinajstić information content (AvgIpc) is 2.51. The second kappa shape index (κ2) is 7.79. The summed E-state index contributed by atoms with van der Waals surface area (Å²) >= 11 is 0. The van der Waals surface area contributed by atoms with Crippen molar-refractivity contribution in [1.82, 2.24) is 4.90 Å². The monoisotopic (exact) mass is 321 g/mol. The van der Waals surface area contributed by atoms with E-state index in [0.717, 1.165) is 11.3 Å². The molecule has 1 aliphatic rings. The zero-order valence-corrected chi connectivity index (χ0v) is 14.5. The summed E-state index contributed by atoms with van der Waals surface area (Å²) in [4.78, 5) is 14.5. The maximum atomic E-state index is 12.6. The predicted octanol–water partition coefficient (Wildman–Crippen LogP) is 2.28. The molecule has 0 saturated carbocycles. The molecule has 1 atom stereocenters. The van der Waals surface area contributed by atoms with Crippen molar-refractivity contribution in [2.45, 2.75) is 38.4 Å². The zero-order valence-electron chi connectivity index (χ0n) is 14.5. The van der Waals surface area contributed by atoms with Crippen LogP contribution in [-0.2, 0) is 20.7 Å². The number of hydrogen-bond acceptors (Lipinski definition) is 4. The SMILES string of the molecule is COC[C@H]1CN(C(=O)CCc2cccc(OC)c2)CC(C)(C)O1. The van der Waals surface area contributed by atoms with E-state index in [9.17, 15) is 4.79 Å². The molecule has 0 spiro atoms. The first-order chi connectivity index (χ1) is 10.9. The molecule has 128 valence electrons. The number of nitrogens with zero attached hydrogens (tertiary/aromatic N) is 1. The predicted molar refractivity (Wildman–Crippen MR) is 88.7 cm³/mol. The van der Waals surface area contributed by atoms with Gasteiger partial charge in [-0.1, -0.05) is 12.1 Å². The highest BCUT2D eigenvalue weighted by Gasteiger charge is 2.35. The van der Waals surface area contributed by atoms with Gasteiger partial charge in [-0.15, -0.1) is 0 Å². The van der Waals surface area contributed by atoms with E-state index < -0.39 is 0 Å². The maximum Gasteiger partial charge on any atom is 0.223 e. The van der Waals surface area contributed by atoms with E-state index in [4.69, 9.17) is 14.2 Å². The number of aryl methyl sites for hydroxylation is 1. The lowest BCUT2D eigenvalue weighted by atomic mass is 10.0. The minimum atomic E-state index is -0.340. The first-order valence-electron chi connectivity index (χ1n) is 8.01. The number of hydrogen-bond donors (Lipinski definition) is 0. The van der Waals surface area contributed by atoms with Gasteiger partial charge < -0.3 is 19.1 Å². The number of amides is 1. The van der Waals surface area contributed by atoms with Crippen molar-refractivity contribution in [1.29, 1.82) is 0 Å². The Bertz CT molecular complexity index is 530. The van der Waals surface area contributed by atoms with Crippen LogP contribution < -0.4 is 4.74 Å². The first kappa shape index (κ1) is 17.8. The van der Waals surface area contributed by atoms with Gasteiger partial charge in [0.25, 0.3) is 0 Å². The van der Waals surface area contributed by atoms with Crippen molar-refractivity contribution in [3.05, 3.63) is 29.8 Å². The van der Waals surface area contributed by atoms with Gasteiger partial charge in [0.1, 0.15) is 5.75 Å². The molecule has 1 saturated heterocycles. The number of ether oxygens (including phenoxy) is 3. The highest BCUT2D eigenvalue weighted by atomic mass is 16.5. The fourth-order valence-corrected chi connectivity index (χ4v) is 3.00. The van der Waals surface area contributed by atoms with Gasteiger partial charge >= 0.3 is 0 Å². The Hall–Kier alpha value is -1.59. The molecule has 1 aromatic rings. The fraction of sp³-hybridized carbons (Fsp3) is 0.611. The second-order valence-electron chi connectivity index (χ2n) is 6.58. The van der Waals surface area contributed by atoms with Crippen molar-refractivity contribution in [3.63, 3.8) is 0 Å². The first-order valence-corrected chi connectivity index (χ1v) is 8.01. The number of carbonyl (C=O) groups is 1. The van der Waals surface area contributed by atoms with Gasteiger partial charge in [-0.25, -0.2) is 0 Å². The van der Waals surface area contributed by atoms with Crippen molar-refractivity contribution >= 4 is 5.91 Å². The molecule has 0 aliphatic carbocycles. The van der Waals surface area contributed by atoms with Crippen molar-refractivity contribution in [3.8, 4) is 5.75 Å². The molecule has 2 rings (SSSR count). The maximum absolute atomic E-state index is 12.6. The van der Waals surface area contributed by atoms with E-state index in [0.29, 0.717) is 32.5 Å². The van der Waals surface area contributed by atoms with Gasteiger partial charge in [0.2, 0.25) is 5.91 Å². The summed E-state index contributed by atoms with van der Waals surface area (Å²) in [6.07, 6.45) is 1.13. The molecule has 0 unspecified atom stereocenters. The zero-order chi connectivity index (χ0) is 16.9. The smallest absolute Gasteiger partial charge is 0.223 e. The summed E-state index contributed by atoms with van der Waals surface area (Å²) in [6.45, 7) is 5.73. The summed E-state index contributed by atoms with van der Waals surface area (Å²) in [5, 5.41) is 0. The topological polar surface area (TPSA) is 48.0 Å². The van der Waals surface area contributed by atoms with Gasteiger partial charge in [-0.3, -0.25) is 4.79 Å². The molecule has 0 N–H and O–H groups in total. The van der Waals surface area contributed by atoms with Crippen LogP contribution in [0.3, 0.4) is 0 Å². The lowest BCUT2D eigenvalue weighted by Gasteiger charge is -2.42. The lowest BCUT2D eigenvalue weighted by Crippen LogP contribution is -2.55. The van der Waals surface area contributed by atoms with Gasteiger partial charge in [0.05, 0.1) is 25.4 Å². The van der Waals surface area contributed by atoms with Crippen LogP contribution >= 0.6 is 0 Å². The third-order valence-corrected chi connectivity index (χ3v) is 3.95. The third kappa shape index (κ3) is 5.22. The molecular weight excluding hydrogens is 294 g/mol. The van der Waals surface area contributed by atoms with Crippen LogP contribution in [0.25, 0.3) is 0 Å². The Morgan fingerprint density at radius 2 is 2.17 bits per heavy atom. The molecule has 1 aromatic carbocycles. The van der Waals surface area contributed by atoms with Crippen molar-refractivity contribution in [2.75, 3.05) is 33.9 Å². The summed E-state index contributed by atoms with van der Waals surface area (Å²) < 4.78 is 16.4. The highest BCUT2D eigenvalue weighted by Crippen LogP contribution is 2.22. The van der Waals surface area contributed by atoms with E-state index >= 15 is 0 Å². The molecule has 1 fully saturated rings. The molecule has 1 heterocycles. The van der Waals surface area contributed by atoms with Gasteiger partial charge in [0, 0.05) is 26.6 Å². The van der Waals surface area contributed by atoms with Gasteiger partial charge in [0.15, 0.2) is 0 Å². The number of carbonyl (C=O) groups excluding carboxylic acids is 1. The van der Waals surface area contributed by atoms with Crippen molar-refractivity contribution in [2.24, 2.45) is 0 Å². The summed E-state index contributed by atoms with van der Waals surface area (Å²) in [7, 11) is 3.30. The molecule has 23 heavy (non-hydrogen) atoms. The van der Waals surface area contributed by atoms with Crippen LogP contribution in [0.5, 0.6) is 5.75 Å². The van der Waals surface area contributed by atoms with E-state index in [1.807, 2.05) is 43.0 Å². The number of rotatable bonds is 6. The Kier molecular flexibility index (Phi) is 6.02. The van der Waals surface area contributed by atoms with Crippen LogP contribution in [0.15, 0.2) is 24.3 Å². The fourth-order valence-electron chi connectivity index (χ4n) is 3.00. The third-order valence-electron chi connectivity index (χ3n) is 3.95. The molecule has 0 aromatic heterocycles. The number of methoxy groups -OCH3 is 2. The van der Waals surface area contributed by atoms with E-state index in [2.05, 4.69) is 0 Å². The molecule has 5 heteroatoms. The standard InChI is InChI=1S/C18H27NO4/c1-18(2)13-19(11-16(23-18)12-21-3)17(20)9-8-14-6-5-7-15(10-14)22-4/h5-7,10,16H,8-9,11-13H2,1-4H3/t16-/m1/s1. The normalized spacial score (nSPS) is 20.3. The van der Waals surface area contributed by atoms with Crippen LogP contribution in [0.4, 0.5) is 0 Å². The Morgan fingerprint density at radius 3 is 2.87 bits per heavy atom. The Balaban J connectivity index is 1.93. The summed E-state index contributed by atoms with van der Waals surface area (Å²) in [6, 6.07) is 7.85. The molecule has 1 amide bonds. The summed E-state index contributed by atoms with van der Waals surface area (Å²) in [5.74, 6) is 0.980. The van der Waals surface area contributed by atoms with E-state index in [1.165, 1.54) is 0 Å². The largest absolute Gasteiger partial charge is 0.497 e.